The number of carbonyl (C=O) groups is 2. The number of amides is 1. The first kappa shape index (κ1) is 40.3. The number of aliphatic carboxylic acids is 1. The molecule has 0 aliphatic rings. The van der Waals surface area contributed by atoms with E-state index in [9.17, 15) is 14.4 Å². The van der Waals surface area contributed by atoms with Crippen molar-refractivity contribution in [3.05, 3.63) is 24.3 Å². The van der Waals surface area contributed by atoms with Crippen LogP contribution >= 0.6 is 0 Å². The minimum Gasteiger partial charge on any atom is -0.530 e. The van der Waals surface area contributed by atoms with Gasteiger partial charge in [0.15, 0.2) is 0 Å². The topological polar surface area (TPSA) is 109 Å². The average Bonchev–Trinajstić information content (AvgIpc) is 2.80. The molecule has 0 saturated heterocycles. The number of unbranched alkanes of at least 4 members (excludes halogenated alkanes) is 11. The quantitative estimate of drug-likeness (QED) is 0.0631. The molecule has 0 aromatic carbocycles. The van der Waals surface area contributed by atoms with E-state index in [4.69, 9.17) is 5.11 Å². The van der Waals surface area contributed by atoms with Crippen molar-refractivity contribution >= 4 is 18.7 Å². The van der Waals surface area contributed by atoms with Crippen LogP contribution in [0.2, 0.25) is 0 Å². The third kappa shape index (κ3) is 50.1. The van der Waals surface area contributed by atoms with Gasteiger partial charge in [-0.2, -0.15) is 6.41 Å². The van der Waals surface area contributed by atoms with Crippen molar-refractivity contribution in [3.8, 4) is 0 Å². The van der Waals surface area contributed by atoms with Crippen LogP contribution in [0.5, 0.6) is 0 Å². The van der Waals surface area contributed by atoms with Gasteiger partial charge in [-0.1, -0.05) is 69.8 Å². The molecule has 0 aliphatic heterocycles. The van der Waals surface area contributed by atoms with Crippen molar-refractivity contribution < 1.29 is 88.4 Å². The van der Waals surface area contributed by atoms with Crippen LogP contribution in [0, 0.1) is 0 Å². The predicted molar refractivity (Wildman–Crippen MR) is 135 cm³/mol. The van der Waals surface area contributed by atoms with E-state index in [0.717, 1.165) is 38.4 Å². The van der Waals surface area contributed by atoms with E-state index in [1.54, 1.807) is 6.41 Å². The second-order valence-corrected chi connectivity index (χ2v) is 7.42. The van der Waals surface area contributed by atoms with Gasteiger partial charge >= 0.3 is 74.9 Å². The van der Waals surface area contributed by atoms with E-state index >= 15 is 0 Å². The molecule has 4 N–H and O–H groups in total. The first-order chi connectivity index (χ1) is 15.7. The van der Waals surface area contributed by atoms with Crippen LogP contribution < -0.4 is 79.9 Å². The van der Waals surface area contributed by atoms with Crippen molar-refractivity contribution in [2.45, 2.75) is 110 Å². The number of carbonyl (C=O) groups excluding carboxylic acids is 2. The third-order valence-corrected chi connectivity index (χ3v) is 4.54. The number of aldehydes is 1. The molecule has 33 heavy (non-hydrogen) atoms. The smallest absolute Gasteiger partial charge is 0.530 e. The Kier molecular flexibility index (Phi) is 51.6. The number of allylic oxidation sites excluding steroid dienone is 4. The summed E-state index contributed by atoms with van der Waals surface area (Å²) in [5.74, 6) is -0.764. The fraction of sp³-hybridized carbons (Fsp3) is 0.731. The van der Waals surface area contributed by atoms with E-state index in [0.29, 0.717) is 13.0 Å². The molecule has 0 atom stereocenters. The molecule has 0 heterocycles. The molecule has 0 saturated carbocycles. The van der Waals surface area contributed by atoms with Gasteiger partial charge in [0.1, 0.15) is 6.29 Å². The maximum Gasteiger partial charge on any atom is 1.00 e. The Labute approximate surface area is 262 Å². The largest absolute Gasteiger partial charge is 1.00 e. The van der Waals surface area contributed by atoms with E-state index < -0.39 is 5.97 Å². The van der Waals surface area contributed by atoms with E-state index in [1.807, 2.05) is 0 Å². The van der Waals surface area contributed by atoms with Gasteiger partial charge in [0.25, 0.3) is 0 Å². The van der Waals surface area contributed by atoms with Gasteiger partial charge in [0.2, 0.25) is 0 Å². The number of carboxylic acids is 1. The number of rotatable bonds is 21. The molecular weight excluding hydrogens is 537 g/mol. The van der Waals surface area contributed by atoms with Crippen molar-refractivity contribution in [2.75, 3.05) is 13.6 Å². The van der Waals surface area contributed by atoms with Gasteiger partial charge in [-0.25, -0.2) is 0 Å². The second-order valence-electron chi connectivity index (χ2n) is 7.42. The van der Waals surface area contributed by atoms with Crippen LogP contribution in [-0.4, -0.2) is 37.4 Å². The first-order valence-corrected chi connectivity index (χ1v) is 12.3. The van der Waals surface area contributed by atoms with Crippen molar-refractivity contribution in [3.63, 3.8) is 0 Å². The fourth-order valence-corrected chi connectivity index (χ4v) is 2.76. The average molecular weight is 587 g/mol. The van der Waals surface area contributed by atoms with E-state index in [1.165, 1.54) is 64.8 Å². The van der Waals surface area contributed by atoms with Gasteiger partial charge in [-0.3, -0.25) is 4.79 Å². The Morgan fingerprint density at radius 1 is 0.818 bits per heavy atom. The summed E-state index contributed by atoms with van der Waals surface area (Å²) in [6.07, 6.45) is 28.7. The molecule has 0 spiro atoms. The number of hydrogen-bond acceptors (Lipinski definition) is 4. The molecule has 0 unspecified atom stereocenters. The maximum absolute atomic E-state index is 10.1. The van der Waals surface area contributed by atoms with Crippen LogP contribution in [0.4, 0.5) is 0 Å². The predicted octanol–water partition coefficient (Wildman–Crippen LogP) is 2.87. The number of nitrogens with two attached hydrogens (primary N) is 1. The standard InChI is InChI=1S/C18H32O.C7H12NO3.CH5N.Cs/c1-2-3-4-5-6-7-8-9-10-11-12-13-14-15-16-17-18-19;9-6-8-5-3-1-2-4-7(10)11;1-2;/h6-7,9-10,18H,2-5,8,11-17H2,1H3;1-5H2,(H,8,9)(H,10,11);2H2,1H3;/q;-1;;+1/b7-6-,10-9-;;;. The molecule has 0 radical (unpaired) electrons. The summed E-state index contributed by atoms with van der Waals surface area (Å²) in [7, 11) is 1.50. The molecule has 6 nitrogen and oxygen atoms in total. The molecule has 7 heteroatoms. The van der Waals surface area contributed by atoms with Crippen LogP contribution in [0.3, 0.4) is 0 Å². The zero-order chi connectivity index (χ0) is 24.5. The summed E-state index contributed by atoms with van der Waals surface area (Å²) >= 11 is 0. The summed E-state index contributed by atoms with van der Waals surface area (Å²) in [5.41, 5.74) is 4.50. The van der Waals surface area contributed by atoms with Crippen LogP contribution in [-0.2, 0) is 14.4 Å². The van der Waals surface area contributed by atoms with Crippen LogP contribution in [0.15, 0.2) is 24.3 Å². The zero-order valence-electron chi connectivity index (χ0n) is 21.7. The molecule has 0 bridgehead atoms. The summed E-state index contributed by atoms with van der Waals surface area (Å²) in [5, 5.41) is 10.6. The third-order valence-electron chi connectivity index (χ3n) is 4.54. The Bertz CT molecular complexity index is 444. The molecule has 188 valence electrons. The Morgan fingerprint density at radius 2 is 1.33 bits per heavy atom. The zero-order valence-corrected chi connectivity index (χ0v) is 27.9. The summed E-state index contributed by atoms with van der Waals surface area (Å²) in [6.45, 7) is 2.83. The van der Waals surface area contributed by atoms with Crippen molar-refractivity contribution in [1.82, 2.24) is 5.32 Å². The Morgan fingerprint density at radius 3 is 1.85 bits per heavy atom. The number of hydrogen-bond donors (Lipinski definition) is 3. The van der Waals surface area contributed by atoms with Crippen LogP contribution in [0.25, 0.3) is 0 Å². The monoisotopic (exact) mass is 586 g/mol. The Balaban J connectivity index is -0.000000257. The summed E-state index contributed by atoms with van der Waals surface area (Å²) in [6, 6.07) is 0. The van der Waals surface area contributed by atoms with Crippen molar-refractivity contribution in [2.24, 2.45) is 5.73 Å². The fourth-order valence-electron chi connectivity index (χ4n) is 2.76. The minimum absolute atomic E-state index is 0. The molecule has 0 aliphatic carbocycles. The number of carboxylic acid groups (broad SMARTS) is 1. The number of nitrogens with one attached hydrogen (secondary N) is 1. The van der Waals surface area contributed by atoms with E-state index in [-0.39, 0.29) is 75.3 Å². The summed E-state index contributed by atoms with van der Waals surface area (Å²) < 4.78 is 0. The molecule has 0 rings (SSSR count). The molecule has 0 aromatic heterocycles. The SMILES string of the molecule is CCCCC/C=C\C/C=C\CCCCCCCC=O.CN.O=[C-]NCCCCCC(=O)O.[Cs+]. The normalized spacial score (nSPS) is 9.91. The second kappa shape index (κ2) is 42.3. The Hall–Kier alpha value is 0.102. The molecule has 0 fully saturated rings. The molecule has 1 amide bonds. The van der Waals surface area contributed by atoms with Gasteiger partial charge < -0.3 is 25.7 Å². The first-order valence-electron chi connectivity index (χ1n) is 12.3. The molecule has 0 aromatic rings. The molecular formula is C26H49CsN2O4. The van der Waals surface area contributed by atoms with Gasteiger partial charge in [0.05, 0.1) is 0 Å². The van der Waals surface area contributed by atoms with Crippen molar-refractivity contribution in [1.29, 1.82) is 0 Å². The van der Waals surface area contributed by atoms with Crippen LogP contribution in [0.1, 0.15) is 110 Å². The van der Waals surface area contributed by atoms with Gasteiger partial charge in [0, 0.05) is 12.8 Å². The van der Waals surface area contributed by atoms with Gasteiger partial charge in [-0.05, 0) is 65.0 Å². The van der Waals surface area contributed by atoms with E-state index in [2.05, 4.69) is 42.3 Å². The summed E-state index contributed by atoms with van der Waals surface area (Å²) in [4.78, 5) is 29.7. The minimum atomic E-state index is -0.764. The maximum atomic E-state index is 10.1. The van der Waals surface area contributed by atoms with Gasteiger partial charge in [-0.15, -0.1) is 0 Å².